The van der Waals surface area contributed by atoms with Gasteiger partial charge in [0.15, 0.2) is 0 Å². The maximum atomic E-state index is 5.83. The summed E-state index contributed by atoms with van der Waals surface area (Å²) in [4.78, 5) is 0. The van der Waals surface area contributed by atoms with Crippen molar-refractivity contribution in [3.8, 4) is 5.75 Å². The lowest BCUT2D eigenvalue weighted by Gasteiger charge is -2.20. The molecule has 92 valence electrons. The average Bonchev–Trinajstić information content (AvgIpc) is 2.99. The van der Waals surface area contributed by atoms with Crippen molar-refractivity contribution in [2.45, 2.75) is 44.1 Å². The second-order valence-corrected chi connectivity index (χ2v) is 4.95. The van der Waals surface area contributed by atoms with Crippen LogP contribution in [0.1, 0.15) is 24.8 Å². The van der Waals surface area contributed by atoms with Gasteiger partial charge < -0.3 is 14.8 Å². The zero-order valence-electron chi connectivity index (χ0n) is 10.2. The van der Waals surface area contributed by atoms with Crippen molar-refractivity contribution < 1.29 is 9.47 Å². The molecular formula is C14H19NO2. The van der Waals surface area contributed by atoms with Crippen LogP contribution >= 0.6 is 0 Å². The van der Waals surface area contributed by atoms with E-state index in [1.807, 2.05) is 12.1 Å². The van der Waals surface area contributed by atoms with Crippen LogP contribution in [-0.4, -0.2) is 25.4 Å². The van der Waals surface area contributed by atoms with Gasteiger partial charge in [0, 0.05) is 12.6 Å². The second kappa shape index (κ2) is 4.67. The van der Waals surface area contributed by atoms with Crippen molar-refractivity contribution in [2.24, 2.45) is 0 Å². The van der Waals surface area contributed by atoms with Gasteiger partial charge in [-0.25, -0.2) is 0 Å². The van der Waals surface area contributed by atoms with E-state index >= 15 is 0 Å². The normalized spacial score (nSPS) is 30.8. The Morgan fingerprint density at radius 1 is 1.41 bits per heavy atom. The smallest absolute Gasteiger partial charge is 0.119 e. The molecule has 0 aromatic heterocycles. The highest BCUT2D eigenvalue weighted by Crippen LogP contribution is 2.34. The van der Waals surface area contributed by atoms with E-state index in [-0.39, 0.29) is 0 Å². The third kappa shape index (κ3) is 2.31. The maximum absolute atomic E-state index is 5.83. The van der Waals surface area contributed by atoms with Gasteiger partial charge in [-0.3, -0.25) is 0 Å². The van der Waals surface area contributed by atoms with E-state index in [9.17, 15) is 0 Å². The molecule has 0 spiro atoms. The van der Waals surface area contributed by atoms with Crippen molar-refractivity contribution >= 4 is 0 Å². The molecule has 3 nitrogen and oxygen atoms in total. The summed E-state index contributed by atoms with van der Waals surface area (Å²) < 4.78 is 11.1. The molecule has 1 aromatic carbocycles. The monoisotopic (exact) mass is 233 g/mol. The van der Waals surface area contributed by atoms with E-state index < -0.39 is 0 Å². The third-order valence-electron chi connectivity index (χ3n) is 3.81. The number of methoxy groups -OCH3 is 1. The molecule has 3 unspecified atom stereocenters. The minimum absolute atomic E-state index is 0.450. The van der Waals surface area contributed by atoms with Crippen LogP contribution in [0.3, 0.4) is 0 Å². The Bertz CT molecular complexity index is 394. The Morgan fingerprint density at radius 2 is 2.35 bits per heavy atom. The van der Waals surface area contributed by atoms with Crippen LogP contribution in [0.15, 0.2) is 24.3 Å². The minimum atomic E-state index is 0.450. The van der Waals surface area contributed by atoms with E-state index in [1.54, 1.807) is 7.11 Å². The van der Waals surface area contributed by atoms with E-state index in [4.69, 9.17) is 9.47 Å². The standard InChI is InChI=1S/C14H19NO2/c1-16-11-4-2-3-10(7-11)9-15-13-8-12-5-6-14(13)17-12/h2-4,7,12-15H,5-6,8-9H2,1H3. The quantitative estimate of drug-likeness (QED) is 0.864. The Balaban J connectivity index is 1.56. The Labute approximate surface area is 102 Å². The number of hydrogen-bond donors (Lipinski definition) is 1. The first-order chi connectivity index (χ1) is 8.35. The first-order valence-corrected chi connectivity index (χ1v) is 6.37. The van der Waals surface area contributed by atoms with Gasteiger partial charge in [0.2, 0.25) is 0 Å². The number of rotatable bonds is 4. The fraction of sp³-hybridized carbons (Fsp3) is 0.571. The van der Waals surface area contributed by atoms with Gasteiger partial charge in [0.25, 0.3) is 0 Å². The zero-order chi connectivity index (χ0) is 11.7. The summed E-state index contributed by atoms with van der Waals surface area (Å²) in [5.74, 6) is 0.925. The molecule has 2 aliphatic heterocycles. The minimum Gasteiger partial charge on any atom is -0.497 e. The molecule has 3 heteroatoms. The summed E-state index contributed by atoms with van der Waals surface area (Å²) in [5.41, 5.74) is 1.27. The molecule has 2 saturated heterocycles. The number of ether oxygens (including phenoxy) is 2. The van der Waals surface area contributed by atoms with Gasteiger partial charge in [-0.1, -0.05) is 12.1 Å². The van der Waals surface area contributed by atoms with Gasteiger partial charge in [0.1, 0.15) is 5.75 Å². The average molecular weight is 233 g/mol. The zero-order valence-corrected chi connectivity index (χ0v) is 10.2. The lowest BCUT2D eigenvalue weighted by Crippen LogP contribution is -2.36. The predicted molar refractivity (Wildman–Crippen MR) is 66.1 cm³/mol. The van der Waals surface area contributed by atoms with E-state index in [0.29, 0.717) is 18.2 Å². The van der Waals surface area contributed by atoms with Crippen molar-refractivity contribution in [2.75, 3.05) is 7.11 Å². The molecule has 2 aliphatic rings. The number of benzene rings is 1. The molecule has 17 heavy (non-hydrogen) atoms. The number of nitrogens with one attached hydrogen (secondary N) is 1. The lowest BCUT2D eigenvalue weighted by atomic mass is 9.95. The molecule has 0 amide bonds. The Hall–Kier alpha value is -1.06. The molecule has 3 atom stereocenters. The molecule has 3 rings (SSSR count). The summed E-state index contributed by atoms with van der Waals surface area (Å²) in [7, 11) is 1.70. The van der Waals surface area contributed by atoms with Crippen molar-refractivity contribution in [3.05, 3.63) is 29.8 Å². The fourth-order valence-electron chi connectivity index (χ4n) is 2.88. The molecule has 1 N–H and O–H groups in total. The Kier molecular flexibility index (Phi) is 3.04. The topological polar surface area (TPSA) is 30.5 Å². The van der Waals surface area contributed by atoms with Crippen LogP contribution in [-0.2, 0) is 11.3 Å². The van der Waals surface area contributed by atoms with Crippen LogP contribution < -0.4 is 10.1 Å². The number of fused-ring (bicyclic) bond motifs is 2. The highest BCUT2D eigenvalue weighted by Gasteiger charge is 2.40. The van der Waals surface area contributed by atoms with Crippen LogP contribution in [0, 0.1) is 0 Å². The summed E-state index contributed by atoms with van der Waals surface area (Å²) in [6, 6.07) is 8.77. The third-order valence-corrected chi connectivity index (χ3v) is 3.81. The highest BCUT2D eigenvalue weighted by molar-refractivity contribution is 5.28. The van der Waals surface area contributed by atoms with Crippen LogP contribution in [0.25, 0.3) is 0 Å². The Morgan fingerprint density at radius 3 is 3.06 bits per heavy atom. The first kappa shape index (κ1) is 11.1. The summed E-state index contributed by atoms with van der Waals surface area (Å²) in [6.45, 7) is 0.897. The summed E-state index contributed by atoms with van der Waals surface area (Å²) >= 11 is 0. The molecule has 0 aliphatic carbocycles. The molecule has 2 fully saturated rings. The van der Waals surface area contributed by atoms with Gasteiger partial charge in [-0.15, -0.1) is 0 Å². The van der Waals surface area contributed by atoms with Crippen LogP contribution in [0.4, 0.5) is 0 Å². The SMILES string of the molecule is COc1cccc(CNC2CC3CCC2O3)c1. The molecule has 0 saturated carbocycles. The van der Waals surface area contributed by atoms with Gasteiger partial charge in [-0.05, 0) is 37.0 Å². The van der Waals surface area contributed by atoms with Gasteiger partial charge >= 0.3 is 0 Å². The molecular weight excluding hydrogens is 214 g/mol. The van der Waals surface area contributed by atoms with E-state index in [2.05, 4.69) is 17.4 Å². The van der Waals surface area contributed by atoms with Gasteiger partial charge in [0.05, 0.1) is 19.3 Å². The summed E-state index contributed by atoms with van der Waals surface area (Å²) in [6.07, 6.45) is 4.62. The largest absolute Gasteiger partial charge is 0.497 e. The van der Waals surface area contributed by atoms with Crippen LogP contribution in [0.5, 0.6) is 5.75 Å². The van der Waals surface area contributed by atoms with E-state index in [0.717, 1.165) is 12.3 Å². The van der Waals surface area contributed by atoms with Crippen LogP contribution in [0.2, 0.25) is 0 Å². The first-order valence-electron chi connectivity index (χ1n) is 6.37. The molecule has 0 radical (unpaired) electrons. The predicted octanol–water partition coefficient (Wildman–Crippen LogP) is 2.10. The van der Waals surface area contributed by atoms with Crippen molar-refractivity contribution in [1.82, 2.24) is 5.32 Å². The molecule has 1 aromatic rings. The molecule has 2 bridgehead atoms. The maximum Gasteiger partial charge on any atom is 0.119 e. The van der Waals surface area contributed by atoms with E-state index in [1.165, 1.54) is 24.8 Å². The second-order valence-electron chi connectivity index (χ2n) is 4.95. The lowest BCUT2D eigenvalue weighted by molar-refractivity contribution is 0.0973. The fourth-order valence-corrected chi connectivity index (χ4v) is 2.88. The number of hydrogen-bond acceptors (Lipinski definition) is 3. The van der Waals surface area contributed by atoms with Crippen molar-refractivity contribution in [3.63, 3.8) is 0 Å². The van der Waals surface area contributed by atoms with Crippen molar-refractivity contribution in [1.29, 1.82) is 0 Å². The summed E-state index contributed by atoms with van der Waals surface area (Å²) in [5, 5.41) is 3.60. The van der Waals surface area contributed by atoms with Gasteiger partial charge in [-0.2, -0.15) is 0 Å². The molecule has 2 heterocycles. The highest BCUT2D eigenvalue weighted by atomic mass is 16.5.